The van der Waals surface area contributed by atoms with Gasteiger partial charge in [0.25, 0.3) is 17.7 Å². The first kappa shape index (κ1) is 22.3. The normalized spacial score (nSPS) is 12.8. The first-order valence-corrected chi connectivity index (χ1v) is 11.0. The van der Waals surface area contributed by atoms with E-state index in [0.717, 1.165) is 11.3 Å². The Balaban J connectivity index is 1.62. The van der Waals surface area contributed by atoms with Crippen molar-refractivity contribution in [3.63, 3.8) is 0 Å². The Bertz CT molecular complexity index is 1200. The number of hydrogen-bond acceptors (Lipinski definition) is 4. The molecule has 0 aliphatic carbocycles. The number of carbonyl (C=O) groups excluding carboxylic acids is 3. The summed E-state index contributed by atoms with van der Waals surface area (Å²) in [6.45, 7) is 6.46. The van der Waals surface area contributed by atoms with Crippen LogP contribution in [0.25, 0.3) is 0 Å². The summed E-state index contributed by atoms with van der Waals surface area (Å²) in [5, 5.41) is 2.99. The number of anilines is 1. The minimum Gasteiger partial charge on any atom is -0.493 e. The summed E-state index contributed by atoms with van der Waals surface area (Å²) >= 11 is 0. The van der Waals surface area contributed by atoms with Gasteiger partial charge in [-0.15, -0.1) is 0 Å². The molecule has 0 saturated carbocycles. The van der Waals surface area contributed by atoms with Gasteiger partial charge in [0.1, 0.15) is 5.75 Å². The van der Waals surface area contributed by atoms with Crippen LogP contribution in [0.4, 0.5) is 5.69 Å². The van der Waals surface area contributed by atoms with E-state index in [1.807, 2.05) is 31.2 Å². The minimum absolute atomic E-state index is 0.0710. The van der Waals surface area contributed by atoms with Crippen molar-refractivity contribution in [1.29, 1.82) is 0 Å². The van der Waals surface area contributed by atoms with Gasteiger partial charge >= 0.3 is 0 Å². The lowest BCUT2D eigenvalue weighted by Crippen LogP contribution is -2.29. The van der Waals surface area contributed by atoms with Crippen LogP contribution in [-0.2, 0) is 6.54 Å². The van der Waals surface area contributed by atoms with Crippen molar-refractivity contribution in [3.05, 3.63) is 94.5 Å². The topological polar surface area (TPSA) is 75.7 Å². The quantitative estimate of drug-likeness (QED) is 0.507. The number of rotatable bonds is 7. The Morgan fingerprint density at radius 3 is 2.21 bits per heavy atom. The van der Waals surface area contributed by atoms with Crippen LogP contribution in [0.1, 0.15) is 68.9 Å². The molecule has 0 fully saturated rings. The number of para-hydroxylation sites is 1. The van der Waals surface area contributed by atoms with Gasteiger partial charge in [-0.2, -0.15) is 0 Å². The standard InChI is InChI=1S/C27H26N2O4/c1-4-33-24-14-13-18(16-29-26(31)20-10-5-6-11-21(20)27(29)32)15-22(24)25(30)28-23-12-8-7-9-19(23)17(2)3/h5-15,17H,4,16H2,1-3H3,(H,28,30). The number of amides is 3. The Hall–Kier alpha value is -3.93. The molecule has 0 aromatic heterocycles. The van der Waals surface area contributed by atoms with Crippen molar-refractivity contribution >= 4 is 23.4 Å². The highest BCUT2D eigenvalue weighted by Gasteiger charge is 2.35. The highest BCUT2D eigenvalue weighted by molar-refractivity contribution is 6.21. The molecule has 1 heterocycles. The fraction of sp³-hybridized carbons (Fsp3) is 0.222. The number of fused-ring (bicyclic) bond motifs is 1. The zero-order valence-electron chi connectivity index (χ0n) is 18.9. The zero-order valence-corrected chi connectivity index (χ0v) is 18.9. The number of nitrogens with zero attached hydrogens (tertiary/aromatic N) is 1. The largest absolute Gasteiger partial charge is 0.493 e. The fourth-order valence-corrected chi connectivity index (χ4v) is 4.00. The molecule has 0 atom stereocenters. The average molecular weight is 443 g/mol. The summed E-state index contributed by atoms with van der Waals surface area (Å²) in [5.41, 5.74) is 3.59. The maximum absolute atomic E-state index is 13.2. The molecule has 1 aliphatic heterocycles. The summed E-state index contributed by atoms with van der Waals surface area (Å²) in [5.74, 6) is -0.283. The molecule has 168 valence electrons. The van der Waals surface area contributed by atoms with E-state index in [1.54, 1.807) is 42.5 Å². The van der Waals surface area contributed by atoms with E-state index in [1.165, 1.54) is 4.90 Å². The van der Waals surface area contributed by atoms with Gasteiger partial charge in [-0.3, -0.25) is 19.3 Å². The number of imide groups is 1. The fourth-order valence-electron chi connectivity index (χ4n) is 4.00. The molecule has 1 N–H and O–H groups in total. The molecule has 0 unspecified atom stereocenters. The number of hydrogen-bond donors (Lipinski definition) is 1. The van der Waals surface area contributed by atoms with Crippen molar-refractivity contribution < 1.29 is 19.1 Å². The van der Waals surface area contributed by atoms with Gasteiger partial charge in [-0.25, -0.2) is 0 Å². The summed E-state index contributed by atoms with van der Waals surface area (Å²) in [6.07, 6.45) is 0. The van der Waals surface area contributed by atoms with E-state index in [2.05, 4.69) is 19.2 Å². The van der Waals surface area contributed by atoms with Gasteiger partial charge in [0.2, 0.25) is 0 Å². The van der Waals surface area contributed by atoms with Crippen LogP contribution in [0.5, 0.6) is 5.75 Å². The predicted molar refractivity (Wildman–Crippen MR) is 127 cm³/mol. The number of ether oxygens (including phenoxy) is 1. The molecule has 3 aromatic rings. The van der Waals surface area contributed by atoms with Crippen LogP contribution in [0.2, 0.25) is 0 Å². The van der Waals surface area contributed by atoms with Crippen LogP contribution in [0, 0.1) is 0 Å². The highest BCUT2D eigenvalue weighted by Crippen LogP contribution is 2.29. The SMILES string of the molecule is CCOc1ccc(CN2C(=O)c3ccccc3C2=O)cc1C(=O)Nc1ccccc1C(C)C. The number of benzene rings is 3. The Morgan fingerprint density at radius 2 is 1.58 bits per heavy atom. The van der Waals surface area contributed by atoms with Crippen LogP contribution in [-0.4, -0.2) is 29.2 Å². The van der Waals surface area contributed by atoms with Gasteiger partial charge < -0.3 is 10.1 Å². The first-order valence-electron chi connectivity index (χ1n) is 11.0. The third-order valence-electron chi connectivity index (χ3n) is 5.64. The van der Waals surface area contributed by atoms with Crippen molar-refractivity contribution in [1.82, 2.24) is 4.90 Å². The van der Waals surface area contributed by atoms with E-state index < -0.39 is 0 Å². The average Bonchev–Trinajstić information content (AvgIpc) is 3.05. The molecule has 0 radical (unpaired) electrons. The van der Waals surface area contributed by atoms with Gasteiger partial charge in [0, 0.05) is 5.69 Å². The monoisotopic (exact) mass is 442 g/mol. The van der Waals surface area contributed by atoms with Crippen molar-refractivity contribution in [2.45, 2.75) is 33.2 Å². The van der Waals surface area contributed by atoms with E-state index in [-0.39, 0.29) is 30.2 Å². The second-order valence-electron chi connectivity index (χ2n) is 8.20. The van der Waals surface area contributed by atoms with Crippen LogP contribution in [0.15, 0.2) is 66.7 Å². The van der Waals surface area contributed by atoms with Gasteiger partial charge in [-0.1, -0.05) is 50.2 Å². The molecule has 0 saturated heterocycles. The molecule has 0 bridgehead atoms. The van der Waals surface area contributed by atoms with Gasteiger partial charge in [-0.05, 0) is 54.3 Å². The van der Waals surface area contributed by atoms with E-state index in [0.29, 0.717) is 34.6 Å². The molecule has 6 nitrogen and oxygen atoms in total. The number of carbonyl (C=O) groups is 3. The maximum Gasteiger partial charge on any atom is 0.261 e. The van der Waals surface area contributed by atoms with Crippen molar-refractivity contribution in [2.24, 2.45) is 0 Å². The number of nitrogens with one attached hydrogen (secondary N) is 1. The first-order chi connectivity index (χ1) is 15.9. The predicted octanol–water partition coefficient (Wildman–Crippen LogP) is 5.26. The lowest BCUT2D eigenvalue weighted by atomic mass is 10.0. The molecule has 1 aliphatic rings. The molecule has 33 heavy (non-hydrogen) atoms. The molecule has 4 rings (SSSR count). The molecular weight excluding hydrogens is 416 g/mol. The van der Waals surface area contributed by atoms with Crippen molar-refractivity contribution in [2.75, 3.05) is 11.9 Å². The highest BCUT2D eigenvalue weighted by atomic mass is 16.5. The lowest BCUT2D eigenvalue weighted by Gasteiger charge is -2.18. The second kappa shape index (κ2) is 9.28. The van der Waals surface area contributed by atoms with Gasteiger partial charge in [0.15, 0.2) is 0 Å². The summed E-state index contributed by atoms with van der Waals surface area (Å²) in [6, 6.07) is 19.6. The van der Waals surface area contributed by atoms with Crippen LogP contribution < -0.4 is 10.1 Å². The van der Waals surface area contributed by atoms with Crippen LogP contribution >= 0.6 is 0 Å². The Labute approximate surface area is 193 Å². The third-order valence-corrected chi connectivity index (χ3v) is 5.64. The van der Waals surface area contributed by atoms with Crippen molar-refractivity contribution in [3.8, 4) is 5.75 Å². The molecular formula is C27H26N2O4. The molecule has 3 amide bonds. The second-order valence-corrected chi connectivity index (χ2v) is 8.20. The lowest BCUT2D eigenvalue weighted by molar-refractivity contribution is 0.0642. The third kappa shape index (κ3) is 4.37. The summed E-state index contributed by atoms with van der Waals surface area (Å²) in [4.78, 5) is 39.9. The zero-order chi connectivity index (χ0) is 23.5. The Kier molecular flexibility index (Phi) is 6.27. The van der Waals surface area contributed by atoms with E-state index in [9.17, 15) is 14.4 Å². The Morgan fingerprint density at radius 1 is 0.939 bits per heavy atom. The van der Waals surface area contributed by atoms with E-state index >= 15 is 0 Å². The summed E-state index contributed by atoms with van der Waals surface area (Å²) < 4.78 is 5.68. The minimum atomic E-state index is -0.332. The maximum atomic E-state index is 13.2. The smallest absolute Gasteiger partial charge is 0.261 e. The summed E-state index contributed by atoms with van der Waals surface area (Å²) in [7, 11) is 0. The van der Waals surface area contributed by atoms with Gasteiger partial charge in [0.05, 0.1) is 29.8 Å². The van der Waals surface area contributed by atoms with E-state index in [4.69, 9.17) is 4.74 Å². The molecule has 0 spiro atoms. The molecule has 6 heteroatoms. The molecule has 3 aromatic carbocycles. The van der Waals surface area contributed by atoms with Crippen LogP contribution in [0.3, 0.4) is 0 Å².